The molecule has 1 aromatic rings. The second-order valence-corrected chi connectivity index (χ2v) is 3.67. The van der Waals surface area contributed by atoms with Gasteiger partial charge in [0.2, 0.25) is 0 Å². The van der Waals surface area contributed by atoms with Crippen LogP contribution < -0.4 is 0 Å². The smallest absolute Gasteiger partial charge is 0.115 e. The predicted octanol–water partition coefficient (Wildman–Crippen LogP) is 3.75. The summed E-state index contributed by atoms with van der Waals surface area (Å²) < 4.78 is 0. The third-order valence-corrected chi connectivity index (χ3v) is 1.94. The Morgan fingerprint density at radius 2 is 1.57 bits per heavy atom. The molecule has 0 atom stereocenters. The van der Waals surface area contributed by atoms with Gasteiger partial charge in [0.15, 0.2) is 0 Å². The molecule has 1 heterocycles. The third kappa shape index (κ3) is 3.44. The summed E-state index contributed by atoms with van der Waals surface area (Å²) in [5, 5.41) is 0. The molecule has 1 rings (SSSR count). The van der Waals surface area contributed by atoms with E-state index in [9.17, 15) is 0 Å². The maximum Gasteiger partial charge on any atom is 0.115 e. The van der Waals surface area contributed by atoms with Gasteiger partial charge in [0.25, 0.3) is 0 Å². The van der Waals surface area contributed by atoms with E-state index < -0.39 is 0 Å². The topological polar surface area (TPSA) is 25.8 Å². The second kappa shape index (κ2) is 6.52. The lowest BCUT2D eigenvalue weighted by atomic mass is 9.97. The quantitative estimate of drug-likeness (QED) is 0.716. The van der Waals surface area contributed by atoms with Crippen LogP contribution in [0.5, 0.6) is 0 Å². The van der Waals surface area contributed by atoms with Crippen LogP contribution in [0.2, 0.25) is 0 Å². The molecule has 0 amide bonds. The van der Waals surface area contributed by atoms with Crippen LogP contribution in [0.1, 0.15) is 64.6 Å². The van der Waals surface area contributed by atoms with Crippen LogP contribution in [0, 0.1) is 0 Å². The van der Waals surface area contributed by atoms with Crippen LogP contribution in [-0.2, 0) is 0 Å². The Kier molecular flexibility index (Phi) is 6.09. The Labute approximate surface area is 87.8 Å². The number of rotatable bonds is 2. The zero-order valence-electron chi connectivity index (χ0n) is 10.2. The van der Waals surface area contributed by atoms with Crippen molar-refractivity contribution < 1.29 is 0 Å². The van der Waals surface area contributed by atoms with Gasteiger partial charge in [0, 0.05) is 11.9 Å². The van der Waals surface area contributed by atoms with Gasteiger partial charge in [-0.15, -0.1) is 0 Å². The third-order valence-electron chi connectivity index (χ3n) is 1.94. The first-order valence-electron chi connectivity index (χ1n) is 5.42. The molecule has 2 heteroatoms. The van der Waals surface area contributed by atoms with Gasteiger partial charge in [-0.25, -0.2) is 9.97 Å². The van der Waals surface area contributed by atoms with Gasteiger partial charge >= 0.3 is 0 Å². The standard InChI is InChI=1S/C10H16N2.C2H6/c1-7(2)9-5-11-6-12-10(9)8(3)4;1-2/h5-8H,1-4H3;1-2H3. The fourth-order valence-electron chi connectivity index (χ4n) is 1.28. The Bertz CT molecular complexity index is 227. The molecule has 0 aliphatic carbocycles. The molecular weight excluding hydrogens is 172 g/mol. The maximum absolute atomic E-state index is 4.29. The molecule has 14 heavy (non-hydrogen) atoms. The van der Waals surface area contributed by atoms with E-state index in [-0.39, 0.29) is 0 Å². The van der Waals surface area contributed by atoms with E-state index in [1.807, 2.05) is 20.0 Å². The molecule has 2 nitrogen and oxygen atoms in total. The highest BCUT2D eigenvalue weighted by Crippen LogP contribution is 2.22. The van der Waals surface area contributed by atoms with Gasteiger partial charge in [-0.2, -0.15) is 0 Å². The summed E-state index contributed by atoms with van der Waals surface area (Å²) in [7, 11) is 0. The van der Waals surface area contributed by atoms with Crippen LogP contribution >= 0.6 is 0 Å². The molecule has 0 aromatic carbocycles. The lowest BCUT2D eigenvalue weighted by molar-refractivity contribution is 0.746. The van der Waals surface area contributed by atoms with Crippen molar-refractivity contribution in [3.05, 3.63) is 23.8 Å². The molecule has 0 unspecified atom stereocenters. The molecule has 80 valence electrons. The molecule has 0 fully saturated rings. The van der Waals surface area contributed by atoms with Crippen molar-refractivity contribution in [2.75, 3.05) is 0 Å². The molecule has 0 saturated heterocycles. The van der Waals surface area contributed by atoms with Gasteiger partial charge in [-0.05, 0) is 17.4 Å². The van der Waals surface area contributed by atoms with Gasteiger partial charge in [-0.3, -0.25) is 0 Å². The summed E-state index contributed by atoms with van der Waals surface area (Å²) in [4.78, 5) is 8.33. The minimum atomic E-state index is 0.491. The fourth-order valence-corrected chi connectivity index (χ4v) is 1.28. The largest absolute Gasteiger partial charge is 0.245 e. The van der Waals surface area contributed by atoms with Crippen molar-refractivity contribution in [2.45, 2.75) is 53.4 Å². The average Bonchev–Trinajstić information content (AvgIpc) is 2.20. The number of aromatic nitrogens is 2. The molecule has 0 aliphatic rings. The second-order valence-electron chi connectivity index (χ2n) is 3.67. The van der Waals surface area contributed by atoms with E-state index in [0.29, 0.717) is 11.8 Å². The summed E-state index contributed by atoms with van der Waals surface area (Å²) in [6.45, 7) is 12.7. The zero-order valence-corrected chi connectivity index (χ0v) is 10.2. The van der Waals surface area contributed by atoms with Crippen LogP contribution in [0.3, 0.4) is 0 Å². The van der Waals surface area contributed by atoms with Crippen molar-refractivity contribution in [3.8, 4) is 0 Å². The first kappa shape index (κ1) is 13.1. The van der Waals surface area contributed by atoms with Crippen molar-refractivity contribution in [1.29, 1.82) is 0 Å². The number of nitrogens with zero attached hydrogens (tertiary/aromatic N) is 2. The molecule has 0 spiro atoms. The normalized spacial score (nSPS) is 10.0. The van der Waals surface area contributed by atoms with Gasteiger partial charge in [-0.1, -0.05) is 41.5 Å². The van der Waals surface area contributed by atoms with E-state index in [1.165, 1.54) is 11.3 Å². The molecule has 0 radical (unpaired) electrons. The number of hydrogen-bond donors (Lipinski definition) is 0. The van der Waals surface area contributed by atoms with Crippen LogP contribution in [0.25, 0.3) is 0 Å². The minimum Gasteiger partial charge on any atom is -0.245 e. The predicted molar refractivity (Wildman–Crippen MR) is 61.6 cm³/mol. The number of hydrogen-bond acceptors (Lipinski definition) is 2. The monoisotopic (exact) mass is 194 g/mol. The fraction of sp³-hybridized carbons (Fsp3) is 0.667. The average molecular weight is 194 g/mol. The molecule has 0 aliphatic heterocycles. The van der Waals surface area contributed by atoms with Gasteiger partial charge in [0.1, 0.15) is 6.33 Å². The highest BCUT2D eigenvalue weighted by atomic mass is 14.8. The summed E-state index contributed by atoms with van der Waals surface area (Å²) >= 11 is 0. The molecule has 0 N–H and O–H groups in total. The SMILES string of the molecule is CC.CC(C)c1cncnc1C(C)C. The van der Waals surface area contributed by atoms with Gasteiger partial charge < -0.3 is 0 Å². The van der Waals surface area contributed by atoms with E-state index in [2.05, 4.69) is 37.7 Å². The van der Waals surface area contributed by atoms with Crippen LogP contribution in [0.4, 0.5) is 0 Å². The Morgan fingerprint density at radius 3 is 1.93 bits per heavy atom. The molecule has 0 saturated carbocycles. The zero-order chi connectivity index (χ0) is 11.1. The van der Waals surface area contributed by atoms with E-state index >= 15 is 0 Å². The van der Waals surface area contributed by atoms with Crippen molar-refractivity contribution >= 4 is 0 Å². The highest BCUT2D eigenvalue weighted by Gasteiger charge is 2.10. The molecule has 1 aromatic heterocycles. The lowest BCUT2D eigenvalue weighted by Crippen LogP contribution is -2.02. The summed E-state index contributed by atoms with van der Waals surface area (Å²) in [6.07, 6.45) is 3.55. The Morgan fingerprint density at radius 1 is 1.00 bits per heavy atom. The van der Waals surface area contributed by atoms with Crippen LogP contribution in [0.15, 0.2) is 12.5 Å². The minimum absolute atomic E-state index is 0.491. The Hall–Kier alpha value is -0.920. The lowest BCUT2D eigenvalue weighted by Gasteiger charge is -2.12. The van der Waals surface area contributed by atoms with Crippen LogP contribution in [-0.4, -0.2) is 9.97 Å². The van der Waals surface area contributed by atoms with Crippen molar-refractivity contribution in [3.63, 3.8) is 0 Å². The first-order valence-corrected chi connectivity index (χ1v) is 5.42. The van der Waals surface area contributed by atoms with E-state index in [1.54, 1.807) is 6.33 Å². The summed E-state index contributed by atoms with van der Waals surface area (Å²) in [5.74, 6) is 1.01. The molecular formula is C12H22N2. The van der Waals surface area contributed by atoms with Crippen molar-refractivity contribution in [2.24, 2.45) is 0 Å². The molecule has 0 bridgehead atoms. The highest BCUT2D eigenvalue weighted by molar-refractivity contribution is 5.22. The summed E-state index contributed by atoms with van der Waals surface area (Å²) in [5.41, 5.74) is 2.45. The van der Waals surface area contributed by atoms with Gasteiger partial charge in [0.05, 0.1) is 0 Å². The van der Waals surface area contributed by atoms with E-state index in [4.69, 9.17) is 0 Å². The maximum atomic E-state index is 4.29. The Balaban J connectivity index is 0.000000791. The van der Waals surface area contributed by atoms with Crippen molar-refractivity contribution in [1.82, 2.24) is 9.97 Å². The first-order chi connectivity index (χ1) is 6.63. The summed E-state index contributed by atoms with van der Waals surface area (Å²) in [6, 6.07) is 0. The van der Waals surface area contributed by atoms with E-state index in [0.717, 1.165) is 0 Å².